The molecule has 2 N–H and O–H groups in total. The molecule has 0 saturated carbocycles. The van der Waals surface area contributed by atoms with Gasteiger partial charge in [-0.25, -0.2) is 0 Å². The first-order valence-corrected chi connectivity index (χ1v) is 4.72. The van der Waals surface area contributed by atoms with Crippen molar-refractivity contribution in [2.75, 3.05) is 6.54 Å². The van der Waals surface area contributed by atoms with Gasteiger partial charge in [-0.2, -0.15) is 4.98 Å². The van der Waals surface area contributed by atoms with Crippen molar-refractivity contribution >= 4 is 0 Å². The van der Waals surface area contributed by atoms with Crippen LogP contribution in [0.4, 0.5) is 0 Å². The molecule has 2 atom stereocenters. The zero-order valence-corrected chi connectivity index (χ0v) is 8.45. The lowest BCUT2D eigenvalue weighted by Gasteiger charge is -2.00. The molecule has 1 rings (SSSR count). The smallest absolute Gasteiger partial charge is 0.230 e. The summed E-state index contributed by atoms with van der Waals surface area (Å²) in [6, 6.07) is 0. The van der Waals surface area contributed by atoms with Crippen LogP contribution in [0.3, 0.4) is 0 Å². The van der Waals surface area contributed by atoms with Gasteiger partial charge < -0.3 is 10.3 Å². The fraction of sp³-hybridized carbons (Fsp3) is 0.778. The second-order valence-electron chi connectivity index (χ2n) is 3.44. The van der Waals surface area contributed by atoms with E-state index in [4.69, 9.17) is 10.3 Å². The Morgan fingerprint density at radius 2 is 2.08 bits per heavy atom. The van der Waals surface area contributed by atoms with E-state index in [-0.39, 0.29) is 5.92 Å². The minimum Gasteiger partial charge on any atom is -0.339 e. The highest BCUT2D eigenvalue weighted by molar-refractivity contribution is 4.96. The second kappa shape index (κ2) is 4.37. The standard InChI is InChI=1S/C9H17N3O/c1-4-6(2)8-11-9(13-12-8)7(3)5-10/h6-7H,4-5,10H2,1-3H3. The Bertz CT molecular complexity index is 235. The summed E-state index contributed by atoms with van der Waals surface area (Å²) in [5.41, 5.74) is 5.49. The fourth-order valence-electron chi connectivity index (χ4n) is 0.931. The molecule has 0 radical (unpaired) electrons. The van der Waals surface area contributed by atoms with Crippen molar-refractivity contribution in [2.24, 2.45) is 5.73 Å². The summed E-state index contributed by atoms with van der Waals surface area (Å²) in [6.07, 6.45) is 1.02. The van der Waals surface area contributed by atoms with Crippen LogP contribution in [0, 0.1) is 0 Å². The van der Waals surface area contributed by atoms with E-state index in [1.165, 1.54) is 0 Å². The number of rotatable bonds is 4. The van der Waals surface area contributed by atoms with E-state index in [0.717, 1.165) is 12.2 Å². The Labute approximate surface area is 78.5 Å². The van der Waals surface area contributed by atoms with Crippen molar-refractivity contribution in [3.05, 3.63) is 11.7 Å². The Balaban J connectivity index is 2.74. The third-order valence-corrected chi connectivity index (χ3v) is 2.29. The highest BCUT2D eigenvalue weighted by atomic mass is 16.5. The lowest BCUT2D eigenvalue weighted by Crippen LogP contribution is -2.09. The van der Waals surface area contributed by atoms with Crippen molar-refractivity contribution in [1.82, 2.24) is 10.1 Å². The molecule has 0 aliphatic carbocycles. The van der Waals surface area contributed by atoms with Gasteiger partial charge in [-0.1, -0.05) is 25.9 Å². The first kappa shape index (κ1) is 10.2. The van der Waals surface area contributed by atoms with Gasteiger partial charge in [0.1, 0.15) is 0 Å². The molecule has 1 heterocycles. The number of nitrogens with two attached hydrogens (primary N) is 1. The van der Waals surface area contributed by atoms with Crippen LogP contribution < -0.4 is 5.73 Å². The molecule has 0 aliphatic heterocycles. The molecule has 2 unspecified atom stereocenters. The molecule has 0 saturated heterocycles. The number of hydrogen-bond acceptors (Lipinski definition) is 4. The van der Waals surface area contributed by atoms with Crippen LogP contribution in [-0.4, -0.2) is 16.7 Å². The summed E-state index contributed by atoms with van der Waals surface area (Å²) in [6.45, 7) is 6.71. The minimum absolute atomic E-state index is 0.158. The van der Waals surface area contributed by atoms with Gasteiger partial charge in [-0.05, 0) is 6.42 Å². The summed E-state index contributed by atoms with van der Waals surface area (Å²) >= 11 is 0. The van der Waals surface area contributed by atoms with E-state index in [1.54, 1.807) is 0 Å². The molecule has 0 bridgehead atoms. The van der Waals surface area contributed by atoms with Crippen molar-refractivity contribution in [1.29, 1.82) is 0 Å². The SMILES string of the molecule is CCC(C)c1noc(C(C)CN)n1. The monoisotopic (exact) mass is 183 g/mol. The summed E-state index contributed by atoms with van der Waals surface area (Å²) in [5.74, 6) is 1.96. The van der Waals surface area contributed by atoms with E-state index < -0.39 is 0 Å². The molecule has 74 valence electrons. The molecular formula is C9H17N3O. The summed E-state index contributed by atoms with van der Waals surface area (Å²) in [5, 5.41) is 3.91. The molecular weight excluding hydrogens is 166 g/mol. The van der Waals surface area contributed by atoms with Crippen LogP contribution in [0.15, 0.2) is 4.52 Å². The van der Waals surface area contributed by atoms with Gasteiger partial charge in [0.2, 0.25) is 5.89 Å². The highest BCUT2D eigenvalue weighted by Gasteiger charge is 2.15. The lowest BCUT2D eigenvalue weighted by atomic mass is 10.1. The van der Waals surface area contributed by atoms with Gasteiger partial charge in [-0.15, -0.1) is 0 Å². The van der Waals surface area contributed by atoms with Crippen molar-refractivity contribution in [3.8, 4) is 0 Å². The normalized spacial score (nSPS) is 15.7. The van der Waals surface area contributed by atoms with Crippen molar-refractivity contribution < 1.29 is 4.52 Å². The molecule has 0 aromatic carbocycles. The zero-order valence-electron chi connectivity index (χ0n) is 8.45. The van der Waals surface area contributed by atoms with Crippen LogP contribution in [0.25, 0.3) is 0 Å². The third kappa shape index (κ3) is 2.28. The summed E-state index contributed by atoms with van der Waals surface area (Å²) in [7, 11) is 0. The molecule has 0 fully saturated rings. The lowest BCUT2D eigenvalue weighted by molar-refractivity contribution is 0.354. The predicted octanol–water partition coefficient (Wildman–Crippen LogP) is 1.65. The van der Waals surface area contributed by atoms with Gasteiger partial charge in [0.25, 0.3) is 0 Å². The van der Waals surface area contributed by atoms with Gasteiger partial charge in [0, 0.05) is 18.4 Å². The molecule has 4 nitrogen and oxygen atoms in total. The Kier molecular flexibility index (Phi) is 3.42. The maximum atomic E-state index is 5.49. The van der Waals surface area contributed by atoms with Crippen LogP contribution in [0.1, 0.15) is 50.7 Å². The molecule has 4 heteroatoms. The predicted molar refractivity (Wildman–Crippen MR) is 50.5 cm³/mol. The first-order valence-electron chi connectivity index (χ1n) is 4.72. The maximum Gasteiger partial charge on any atom is 0.230 e. The topological polar surface area (TPSA) is 64.9 Å². The average Bonchev–Trinajstić information content (AvgIpc) is 2.64. The van der Waals surface area contributed by atoms with Gasteiger partial charge in [-0.3, -0.25) is 0 Å². The zero-order chi connectivity index (χ0) is 9.84. The Hall–Kier alpha value is -0.900. The number of nitrogens with zero attached hydrogens (tertiary/aromatic N) is 2. The maximum absolute atomic E-state index is 5.49. The van der Waals surface area contributed by atoms with E-state index in [2.05, 4.69) is 24.0 Å². The van der Waals surface area contributed by atoms with Gasteiger partial charge in [0.05, 0.1) is 0 Å². The quantitative estimate of drug-likeness (QED) is 0.770. The average molecular weight is 183 g/mol. The summed E-state index contributed by atoms with van der Waals surface area (Å²) < 4.78 is 5.10. The van der Waals surface area contributed by atoms with E-state index >= 15 is 0 Å². The first-order chi connectivity index (χ1) is 6.19. The molecule has 0 aliphatic rings. The van der Waals surface area contributed by atoms with Crippen LogP contribution in [0.2, 0.25) is 0 Å². The van der Waals surface area contributed by atoms with Gasteiger partial charge >= 0.3 is 0 Å². The second-order valence-corrected chi connectivity index (χ2v) is 3.44. The molecule has 0 spiro atoms. The van der Waals surface area contributed by atoms with E-state index in [9.17, 15) is 0 Å². The molecule has 1 aromatic rings. The van der Waals surface area contributed by atoms with Crippen LogP contribution >= 0.6 is 0 Å². The van der Waals surface area contributed by atoms with E-state index in [0.29, 0.717) is 18.4 Å². The largest absolute Gasteiger partial charge is 0.339 e. The van der Waals surface area contributed by atoms with Crippen LogP contribution in [-0.2, 0) is 0 Å². The Morgan fingerprint density at radius 1 is 1.38 bits per heavy atom. The molecule has 1 aromatic heterocycles. The van der Waals surface area contributed by atoms with Crippen LogP contribution in [0.5, 0.6) is 0 Å². The minimum atomic E-state index is 0.158. The highest BCUT2D eigenvalue weighted by Crippen LogP contribution is 2.18. The third-order valence-electron chi connectivity index (χ3n) is 2.29. The number of aromatic nitrogens is 2. The van der Waals surface area contributed by atoms with Gasteiger partial charge in [0.15, 0.2) is 5.82 Å². The molecule has 0 amide bonds. The van der Waals surface area contributed by atoms with Crippen molar-refractivity contribution in [2.45, 2.75) is 39.0 Å². The van der Waals surface area contributed by atoms with Crippen molar-refractivity contribution in [3.63, 3.8) is 0 Å². The molecule has 13 heavy (non-hydrogen) atoms. The Morgan fingerprint density at radius 3 is 2.62 bits per heavy atom. The number of hydrogen-bond donors (Lipinski definition) is 1. The fourth-order valence-corrected chi connectivity index (χ4v) is 0.931. The van der Waals surface area contributed by atoms with E-state index in [1.807, 2.05) is 6.92 Å². The summed E-state index contributed by atoms with van der Waals surface area (Å²) in [4.78, 5) is 4.29.